The first-order chi connectivity index (χ1) is 10.3. The Morgan fingerprint density at radius 3 is 2.52 bits per heavy atom. The largest absolute Gasteiger partial charge is 0.0726 e. The fourth-order valence-corrected chi connectivity index (χ4v) is 3.27. The predicted octanol–water partition coefficient (Wildman–Crippen LogP) is 6.31. The molecule has 0 saturated heterocycles. The lowest BCUT2D eigenvalue weighted by atomic mass is 9.94. The van der Waals surface area contributed by atoms with Gasteiger partial charge in [0.2, 0.25) is 0 Å². The van der Waals surface area contributed by atoms with Gasteiger partial charge in [-0.15, -0.1) is 0 Å². The molecule has 2 aromatic rings. The van der Waals surface area contributed by atoms with Gasteiger partial charge < -0.3 is 0 Å². The Kier molecular flexibility index (Phi) is 4.24. The normalized spacial score (nSPS) is 14.4. The van der Waals surface area contributed by atoms with Crippen molar-refractivity contribution in [3.8, 4) is 0 Å². The van der Waals surface area contributed by atoms with E-state index < -0.39 is 0 Å². The van der Waals surface area contributed by atoms with Crippen LogP contribution >= 0.6 is 0 Å². The molecule has 108 valence electrons. The van der Waals surface area contributed by atoms with E-state index in [1.165, 1.54) is 46.7 Å². The number of aryl methyl sites for hydroxylation is 1. The summed E-state index contributed by atoms with van der Waals surface area (Å²) in [5.74, 6) is 0. The quantitative estimate of drug-likeness (QED) is 0.600. The van der Waals surface area contributed by atoms with Crippen LogP contribution in [-0.2, 0) is 6.42 Å². The molecular weight excluding hydrogens is 252 g/mol. The molecule has 1 aliphatic rings. The molecule has 0 saturated carbocycles. The molecule has 0 aromatic heterocycles. The van der Waals surface area contributed by atoms with Crippen LogP contribution in [0.4, 0.5) is 0 Å². The lowest BCUT2D eigenvalue weighted by Crippen LogP contribution is -1.89. The summed E-state index contributed by atoms with van der Waals surface area (Å²) >= 11 is 0. The minimum Gasteiger partial charge on any atom is -0.0726 e. The van der Waals surface area contributed by atoms with Crippen LogP contribution in [0.5, 0.6) is 0 Å². The van der Waals surface area contributed by atoms with Crippen LogP contribution in [0.2, 0.25) is 0 Å². The van der Waals surface area contributed by atoms with E-state index >= 15 is 0 Å². The van der Waals surface area contributed by atoms with Gasteiger partial charge in [-0.25, -0.2) is 0 Å². The molecule has 0 N–H and O–H groups in total. The van der Waals surface area contributed by atoms with Crippen molar-refractivity contribution in [1.29, 1.82) is 0 Å². The Bertz CT molecular complexity index is 701. The fourth-order valence-electron chi connectivity index (χ4n) is 3.27. The topological polar surface area (TPSA) is 0 Å². The van der Waals surface area contributed by atoms with Crippen LogP contribution in [-0.4, -0.2) is 0 Å². The van der Waals surface area contributed by atoms with Gasteiger partial charge in [0.25, 0.3) is 0 Å². The summed E-state index contributed by atoms with van der Waals surface area (Å²) in [5, 5.41) is 2.81. The van der Waals surface area contributed by atoms with Crippen molar-refractivity contribution in [3.63, 3.8) is 0 Å². The van der Waals surface area contributed by atoms with E-state index in [1.54, 1.807) is 5.57 Å². The van der Waals surface area contributed by atoms with E-state index in [4.69, 9.17) is 0 Å². The van der Waals surface area contributed by atoms with Gasteiger partial charge in [0.05, 0.1) is 0 Å². The highest BCUT2D eigenvalue weighted by Crippen LogP contribution is 2.34. The van der Waals surface area contributed by atoms with Crippen LogP contribution in [0.25, 0.3) is 16.3 Å². The number of benzene rings is 2. The molecule has 0 spiro atoms. The Morgan fingerprint density at radius 1 is 0.952 bits per heavy atom. The first-order valence-corrected chi connectivity index (χ1v) is 8.24. The second kappa shape index (κ2) is 6.30. The summed E-state index contributed by atoms with van der Waals surface area (Å²) in [7, 11) is 0. The number of fused-ring (bicyclic) bond motifs is 1. The highest BCUT2D eigenvalue weighted by Gasteiger charge is 2.12. The predicted molar refractivity (Wildman–Crippen MR) is 93.5 cm³/mol. The van der Waals surface area contributed by atoms with Crippen molar-refractivity contribution < 1.29 is 0 Å². The van der Waals surface area contributed by atoms with E-state index in [9.17, 15) is 0 Å². The van der Waals surface area contributed by atoms with Gasteiger partial charge in [0, 0.05) is 0 Å². The summed E-state index contributed by atoms with van der Waals surface area (Å²) < 4.78 is 0. The molecule has 0 atom stereocenters. The minimum atomic E-state index is 1.09. The van der Waals surface area contributed by atoms with Crippen LogP contribution in [0.15, 0.2) is 54.1 Å². The summed E-state index contributed by atoms with van der Waals surface area (Å²) in [6.45, 7) is 4.50. The lowest BCUT2D eigenvalue weighted by Gasteiger charge is -2.10. The molecule has 0 nitrogen and oxygen atoms in total. The molecule has 0 heteroatoms. The fraction of sp³-hybridized carbons (Fsp3) is 0.333. The monoisotopic (exact) mass is 276 g/mol. The average molecular weight is 276 g/mol. The highest BCUT2D eigenvalue weighted by atomic mass is 14.2. The molecule has 2 aromatic carbocycles. The number of hydrogen-bond donors (Lipinski definition) is 0. The summed E-state index contributed by atoms with van der Waals surface area (Å²) in [6, 6.07) is 13.4. The zero-order chi connectivity index (χ0) is 14.7. The Balaban J connectivity index is 2.01. The van der Waals surface area contributed by atoms with Crippen molar-refractivity contribution in [1.82, 2.24) is 0 Å². The summed E-state index contributed by atoms with van der Waals surface area (Å²) in [4.78, 5) is 0. The third kappa shape index (κ3) is 2.81. The third-order valence-corrected chi connectivity index (χ3v) is 4.50. The van der Waals surface area contributed by atoms with E-state index in [0.29, 0.717) is 0 Å². The molecule has 1 aliphatic carbocycles. The Hall–Kier alpha value is -1.82. The van der Waals surface area contributed by atoms with Crippen LogP contribution in [0, 0.1) is 0 Å². The third-order valence-electron chi connectivity index (χ3n) is 4.50. The van der Waals surface area contributed by atoms with Gasteiger partial charge in [-0.1, -0.05) is 74.4 Å². The molecule has 3 rings (SSSR count). The van der Waals surface area contributed by atoms with Crippen molar-refractivity contribution >= 4 is 16.3 Å². The van der Waals surface area contributed by atoms with Gasteiger partial charge in [0.15, 0.2) is 0 Å². The Labute approximate surface area is 128 Å². The van der Waals surface area contributed by atoms with Gasteiger partial charge in [-0.3, -0.25) is 0 Å². The van der Waals surface area contributed by atoms with Crippen molar-refractivity contribution in [3.05, 3.63) is 65.3 Å². The molecule has 0 radical (unpaired) electrons. The van der Waals surface area contributed by atoms with Crippen molar-refractivity contribution in [2.24, 2.45) is 0 Å². The molecule has 0 amide bonds. The Morgan fingerprint density at radius 2 is 1.76 bits per heavy atom. The molecular formula is C21H24. The zero-order valence-electron chi connectivity index (χ0n) is 13.2. The molecule has 0 bridgehead atoms. The zero-order valence-corrected chi connectivity index (χ0v) is 13.2. The SMILES string of the molecule is CCCCC1=CC(c2ccc(CC)c3ccccc23)=CC1. The molecule has 0 heterocycles. The number of hydrogen-bond acceptors (Lipinski definition) is 0. The van der Waals surface area contributed by atoms with E-state index in [1.807, 2.05) is 0 Å². The van der Waals surface area contributed by atoms with Gasteiger partial charge >= 0.3 is 0 Å². The standard InChI is InChI=1S/C21H24/c1-3-5-8-16-11-12-18(15-16)20-14-13-17(4-2)19-9-6-7-10-21(19)20/h6-7,9-10,12-15H,3-5,8,11H2,1-2H3. The molecule has 0 aliphatic heterocycles. The van der Waals surface area contributed by atoms with Crippen LogP contribution in [0.3, 0.4) is 0 Å². The second-order valence-electron chi connectivity index (χ2n) is 5.94. The first-order valence-electron chi connectivity index (χ1n) is 8.24. The maximum absolute atomic E-state index is 2.42. The van der Waals surface area contributed by atoms with E-state index in [2.05, 4.69) is 62.4 Å². The van der Waals surface area contributed by atoms with Gasteiger partial charge in [-0.2, -0.15) is 0 Å². The minimum absolute atomic E-state index is 1.09. The van der Waals surface area contributed by atoms with E-state index in [-0.39, 0.29) is 0 Å². The summed E-state index contributed by atoms with van der Waals surface area (Å²) in [5.41, 5.74) is 5.85. The smallest absolute Gasteiger partial charge is 0.0103 e. The molecule has 0 unspecified atom stereocenters. The van der Waals surface area contributed by atoms with Crippen molar-refractivity contribution in [2.45, 2.75) is 46.0 Å². The van der Waals surface area contributed by atoms with Crippen LogP contribution in [0.1, 0.15) is 50.7 Å². The molecule has 0 fully saturated rings. The number of allylic oxidation sites excluding steroid dienone is 4. The average Bonchev–Trinajstić information content (AvgIpc) is 3.00. The molecule has 21 heavy (non-hydrogen) atoms. The second-order valence-corrected chi connectivity index (χ2v) is 5.94. The summed E-state index contributed by atoms with van der Waals surface area (Å²) in [6.07, 6.45) is 10.9. The highest BCUT2D eigenvalue weighted by molar-refractivity contribution is 5.98. The van der Waals surface area contributed by atoms with Crippen molar-refractivity contribution in [2.75, 3.05) is 0 Å². The van der Waals surface area contributed by atoms with Crippen LogP contribution < -0.4 is 0 Å². The maximum Gasteiger partial charge on any atom is -0.0103 e. The first kappa shape index (κ1) is 14.1. The lowest BCUT2D eigenvalue weighted by molar-refractivity contribution is 0.779. The van der Waals surface area contributed by atoms with E-state index in [0.717, 1.165) is 12.8 Å². The number of rotatable bonds is 5. The maximum atomic E-state index is 2.42. The van der Waals surface area contributed by atoms with Gasteiger partial charge in [-0.05, 0) is 53.2 Å². The number of unbranched alkanes of at least 4 members (excludes halogenated alkanes) is 1. The van der Waals surface area contributed by atoms with Gasteiger partial charge in [0.1, 0.15) is 0 Å².